The van der Waals surface area contributed by atoms with Crippen molar-refractivity contribution in [3.05, 3.63) is 120 Å². The van der Waals surface area contributed by atoms with Crippen molar-refractivity contribution in [2.24, 2.45) is 0 Å². The number of ether oxygens (including phenoxy) is 1. The van der Waals surface area contributed by atoms with E-state index in [1.807, 2.05) is 42.6 Å². The summed E-state index contributed by atoms with van der Waals surface area (Å²) in [6.45, 7) is 10.5. The number of ketones is 1. The molecule has 2 heterocycles. The SMILES string of the molecule is CC(C)N1CCN(Cc2cccc(-c3ccccc3COc3ccc(CC(=O)CCc4cccnc4)cc3)c2)CC1. The van der Waals surface area contributed by atoms with Gasteiger partial charge in [0, 0.05) is 64.0 Å². The van der Waals surface area contributed by atoms with E-state index in [9.17, 15) is 4.79 Å². The van der Waals surface area contributed by atoms with E-state index in [4.69, 9.17) is 4.74 Å². The molecule has 1 aliphatic heterocycles. The lowest BCUT2D eigenvalue weighted by Gasteiger charge is -2.37. The van der Waals surface area contributed by atoms with Crippen molar-refractivity contribution in [3.63, 3.8) is 0 Å². The maximum Gasteiger partial charge on any atom is 0.137 e. The molecule has 0 unspecified atom stereocenters. The smallest absolute Gasteiger partial charge is 0.137 e. The summed E-state index contributed by atoms with van der Waals surface area (Å²) in [7, 11) is 0. The van der Waals surface area contributed by atoms with E-state index in [-0.39, 0.29) is 5.78 Å². The molecule has 0 spiro atoms. The largest absolute Gasteiger partial charge is 0.489 e. The average molecular weight is 548 g/mol. The molecule has 0 aliphatic carbocycles. The van der Waals surface area contributed by atoms with Gasteiger partial charge in [-0.2, -0.15) is 0 Å². The zero-order chi connectivity index (χ0) is 28.4. The number of hydrogen-bond acceptors (Lipinski definition) is 5. The first-order valence-electron chi connectivity index (χ1n) is 14.8. The summed E-state index contributed by atoms with van der Waals surface area (Å²) in [6.07, 6.45) is 5.27. The van der Waals surface area contributed by atoms with Gasteiger partial charge in [0.15, 0.2) is 0 Å². The third-order valence-corrected chi connectivity index (χ3v) is 7.93. The fourth-order valence-corrected chi connectivity index (χ4v) is 5.47. The van der Waals surface area contributed by atoms with Crippen molar-refractivity contribution in [2.45, 2.75) is 52.3 Å². The third-order valence-electron chi connectivity index (χ3n) is 7.93. The number of Topliss-reactive ketones (excluding diaryl/α,β-unsaturated/α-hetero) is 1. The topological polar surface area (TPSA) is 45.7 Å². The van der Waals surface area contributed by atoms with E-state index in [0.717, 1.165) is 61.6 Å². The number of carbonyl (C=O) groups excluding carboxylic acids is 1. The number of carbonyl (C=O) groups is 1. The first-order chi connectivity index (χ1) is 20.0. The van der Waals surface area contributed by atoms with Crippen molar-refractivity contribution in [3.8, 4) is 16.9 Å². The Labute approximate surface area is 244 Å². The molecule has 4 aromatic rings. The number of aromatic nitrogens is 1. The van der Waals surface area contributed by atoms with Crippen LogP contribution in [-0.4, -0.2) is 52.8 Å². The highest BCUT2D eigenvalue weighted by atomic mass is 16.5. The Morgan fingerprint density at radius 1 is 0.854 bits per heavy atom. The maximum absolute atomic E-state index is 12.5. The molecule has 0 saturated carbocycles. The van der Waals surface area contributed by atoms with Gasteiger partial charge < -0.3 is 4.74 Å². The molecule has 1 saturated heterocycles. The normalized spacial score (nSPS) is 14.3. The molecular formula is C36H41N3O2. The maximum atomic E-state index is 12.5. The zero-order valence-corrected chi connectivity index (χ0v) is 24.3. The molecule has 0 radical (unpaired) electrons. The van der Waals surface area contributed by atoms with Crippen molar-refractivity contribution >= 4 is 5.78 Å². The minimum atomic E-state index is 0.233. The minimum absolute atomic E-state index is 0.233. The van der Waals surface area contributed by atoms with Gasteiger partial charge >= 0.3 is 0 Å². The van der Waals surface area contributed by atoms with Crippen molar-refractivity contribution < 1.29 is 9.53 Å². The highest BCUT2D eigenvalue weighted by Gasteiger charge is 2.19. The van der Waals surface area contributed by atoms with Crippen LogP contribution in [0.2, 0.25) is 0 Å². The predicted molar refractivity (Wildman–Crippen MR) is 166 cm³/mol. The monoisotopic (exact) mass is 547 g/mol. The molecule has 1 fully saturated rings. The number of rotatable bonds is 12. The van der Waals surface area contributed by atoms with Gasteiger partial charge in [0.2, 0.25) is 0 Å². The van der Waals surface area contributed by atoms with Crippen LogP contribution in [0, 0.1) is 0 Å². The lowest BCUT2D eigenvalue weighted by atomic mass is 9.98. The number of hydrogen-bond donors (Lipinski definition) is 0. The van der Waals surface area contributed by atoms with E-state index in [1.54, 1.807) is 6.20 Å². The van der Waals surface area contributed by atoms with Gasteiger partial charge in [-0.3, -0.25) is 19.6 Å². The second kappa shape index (κ2) is 14.2. The van der Waals surface area contributed by atoms with E-state index < -0.39 is 0 Å². The molecule has 1 aliphatic rings. The molecule has 0 atom stereocenters. The first-order valence-corrected chi connectivity index (χ1v) is 14.8. The van der Waals surface area contributed by atoms with Gasteiger partial charge in [-0.1, -0.05) is 60.7 Å². The Bertz CT molecular complexity index is 1390. The predicted octanol–water partition coefficient (Wildman–Crippen LogP) is 6.60. The molecule has 5 nitrogen and oxygen atoms in total. The van der Waals surface area contributed by atoms with Gasteiger partial charge in [0.25, 0.3) is 0 Å². The van der Waals surface area contributed by atoms with Gasteiger partial charge in [-0.05, 0) is 77.9 Å². The summed E-state index contributed by atoms with van der Waals surface area (Å²) < 4.78 is 6.20. The Morgan fingerprint density at radius 2 is 1.63 bits per heavy atom. The summed E-state index contributed by atoms with van der Waals surface area (Å²) >= 11 is 0. The first kappa shape index (κ1) is 28.7. The summed E-state index contributed by atoms with van der Waals surface area (Å²) in [5.41, 5.74) is 7.04. The number of pyridine rings is 1. The number of aryl methyl sites for hydroxylation is 1. The highest BCUT2D eigenvalue weighted by molar-refractivity contribution is 5.81. The zero-order valence-electron chi connectivity index (χ0n) is 24.3. The standard InChI is InChI=1S/C36H41N3O2/c1-28(2)39-21-19-38(20-22-39)26-31-7-5-10-32(23-31)36-11-4-3-9-33(36)27-41-35-16-13-29(14-17-35)24-34(40)15-12-30-8-6-18-37-25-30/h3-11,13-14,16-18,23,25,28H,12,15,19-22,24,26-27H2,1-2H3. The van der Waals surface area contributed by atoms with Crippen LogP contribution in [0.25, 0.3) is 11.1 Å². The fourth-order valence-electron chi connectivity index (χ4n) is 5.47. The summed E-state index contributed by atoms with van der Waals surface area (Å²) in [5, 5.41) is 0. The van der Waals surface area contributed by atoms with Crippen LogP contribution >= 0.6 is 0 Å². The lowest BCUT2D eigenvalue weighted by molar-refractivity contribution is -0.118. The highest BCUT2D eigenvalue weighted by Crippen LogP contribution is 2.27. The Kier molecular flexibility index (Phi) is 9.95. The quantitative estimate of drug-likeness (QED) is 0.200. The van der Waals surface area contributed by atoms with Crippen molar-refractivity contribution in [1.82, 2.24) is 14.8 Å². The Morgan fingerprint density at radius 3 is 2.39 bits per heavy atom. The Hall–Kier alpha value is -3.80. The molecule has 0 amide bonds. The Balaban J connectivity index is 1.15. The number of piperazine rings is 1. The number of benzene rings is 3. The van der Waals surface area contributed by atoms with Crippen LogP contribution in [0.15, 0.2) is 97.3 Å². The van der Waals surface area contributed by atoms with E-state index in [1.165, 1.54) is 16.7 Å². The molecule has 212 valence electrons. The van der Waals surface area contributed by atoms with Crippen molar-refractivity contribution in [1.29, 1.82) is 0 Å². The van der Waals surface area contributed by atoms with Gasteiger partial charge in [0.1, 0.15) is 18.1 Å². The van der Waals surface area contributed by atoms with Gasteiger partial charge in [-0.15, -0.1) is 0 Å². The summed E-state index contributed by atoms with van der Waals surface area (Å²) in [6, 6.07) is 29.9. The van der Waals surface area contributed by atoms with E-state index in [2.05, 4.69) is 77.2 Å². The summed E-state index contributed by atoms with van der Waals surface area (Å²) in [5.74, 6) is 1.04. The van der Waals surface area contributed by atoms with E-state index >= 15 is 0 Å². The molecule has 3 aromatic carbocycles. The van der Waals surface area contributed by atoms with Gasteiger partial charge in [0.05, 0.1) is 0 Å². The van der Waals surface area contributed by atoms with Crippen LogP contribution < -0.4 is 4.74 Å². The van der Waals surface area contributed by atoms with Crippen molar-refractivity contribution in [2.75, 3.05) is 26.2 Å². The third kappa shape index (κ3) is 8.35. The fraction of sp³-hybridized carbons (Fsp3) is 0.333. The van der Waals surface area contributed by atoms with E-state index in [0.29, 0.717) is 25.5 Å². The molecule has 0 bridgehead atoms. The second-order valence-electron chi connectivity index (χ2n) is 11.3. The molecular weight excluding hydrogens is 506 g/mol. The second-order valence-corrected chi connectivity index (χ2v) is 11.3. The molecule has 1 aromatic heterocycles. The lowest BCUT2D eigenvalue weighted by Crippen LogP contribution is -2.48. The van der Waals surface area contributed by atoms with Crippen LogP contribution in [0.4, 0.5) is 0 Å². The molecule has 5 rings (SSSR count). The van der Waals surface area contributed by atoms with Crippen LogP contribution in [0.1, 0.15) is 42.5 Å². The van der Waals surface area contributed by atoms with Crippen LogP contribution in [-0.2, 0) is 30.8 Å². The average Bonchev–Trinajstić information content (AvgIpc) is 3.01. The number of nitrogens with zero attached hydrogens (tertiary/aromatic N) is 3. The molecule has 41 heavy (non-hydrogen) atoms. The molecule has 0 N–H and O–H groups in total. The minimum Gasteiger partial charge on any atom is -0.489 e. The van der Waals surface area contributed by atoms with Gasteiger partial charge in [-0.25, -0.2) is 0 Å². The van der Waals surface area contributed by atoms with Crippen LogP contribution in [0.3, 0.4) is 0 Å². The summed E-state index contributed by atoms with van der Waals surface area (Å²) in [4.78, 5) is 21.7. The van der Waals surface area contributed by atoms with Crippen LogP contribution in [0.5, 0.6) is 5.75 Å². The molecule has 5 heteroatoms.